The van der Waals surface area contributed by atoms with Crippen LogP contribution in [0.25, 0.3) is 0 Å². The maximum absolute atomic E-state index is 2.61. The van der Waals surface area contributed by atoms with E-state index in [1.165, 1.54) is 70.6 Å². The van der Waals surface area contributed by atoms with Gasteiger partial charge in [-0.2, -0.15) is 0 Å². The first kappa shape index (κ1) is 27.0. The number of hydrogen-bond donors (Lipinski definition) is 0. The van der Waals surface area contributed by atoms with E-state index in [2.05, 4.69) is 41.5 Å². The number of hydrogen-bond acceptors (Lipinski definition) is 0. The molecule has 2 aliphatic rings. The third-order valence-corrected chi connectivity index (χ3v) is 8.85. The lowest BCUT2D eigenvalue weighted by atomic mass is 9.58. The first-order chi connectivity index (χ1) is 14.0. The molecular formula is C29H58. The minimum atomic E-state index is 0.964. The largest absolute Gasteiger partial charge is 0.0683 e. The van der Waals surface area contributed by atoms with Crippen molar-refractivity contribution in [2.45, 2.75) is 139 Å². The van der Waals surface area contributed by atoms with Gasteiger partial charge in [-0.1, -0.05) is 107 Å². The molecule has 3 atom stereocenters. The molecule has 0 saturated heterocycles. The number of unbranched alkanes of at least 4 members (excludes halogenated alkanes) is 2. The Morgan fingerprint density at radius 2 is 1.34 bits per heavy atom. The standard InChI is InChI=1S/C27H52.C2H6/c1-7-10-11-12-20(4)17-23-13-15-25(16-14-23)27-21(5)18-26(19-22(27)6)24(8-2)9-3;1-2/h20-27H,7-19H2,1-6H3;1-2H3. The first-order valence-corrected chi connectivity index (χ1v) is 14.0. The quantitative estimate of drug-likeness (QED) is 0.316. The van der Waals surface area contributed by atoms with E-state index in [0.717, 1.165) is 47.3 Å². The Kier molecular flexibility index (Phi) is 13.9. The SMILES string of the molecule is CC.CCCCCC(C)CC1CCC(C2C(C)CC(C(CC)CC)CC2C)CC1. The fourth-order valence-electron chi connectivity index (χ4n) is 7.43. The highest BCUT2D eigenvalue weighted by atomic mass is 14.5. The van der Waals surface area contributed by atoms with Gasteiger partial charge < -0.3 is 0 Å². The van der Waals surface area contributed by atoms with E-state index in [0.29, 0.717) is 0 Å². The van der Waals surface area contributed by atoms with Crippen molar-refractivity contribution in [3.63, 3.8) is 0 Å². The Morgan fingerprint density at radius 1 is 0.793 bits per heavy atom. The van der Waals surface area contributed by atoms with Crippen LogP contribution in [-0.2, 0) is 0 Å². The maximum atomic E-state index is 2.61. The van der Waals surface area contributed by atoms with Gasteiger partial charge in [0, 0.05) is 0 Å². The molecule has 0 amide bonds. The molecule has 0 spiro atoms. The summed E-state index contributed by atoms with van der Waals surface area (Å²) in [4.78, 5) is 0. The first-order valence-electron chi connectivity index (χ1n) is 14.0. The molecule has 0 N–H and O–H groups in total. The van der Waals surface area contributed by atoms with E-state index in [-0.39, 0.29) is 0 Å². The second kappa shape index (κ2) is 14.9. The summed E-state index contributed by atoms with van der Waals surface area (Å²) in [6.45, 7) is 18.9. The molecule has 2 fully saturated rings. The second-order valence-electron chi connectivity index (χ2n) is 11.0. The van der Waals surface area contributed by atoms with Crippen LogP contribution in [0.15, 0.2) is 0 Å². The molecule has 2 rings (SSSR count). The van der Waals surface area contributed by atoms with E-state index in [1.54, 1.807) is 12.8 Å². The van der Waals surface area contributed by atoms with Crippen molar-refractivity contribution in [3.8, 4) is 0 Å². The average molecular weight is 407 g/mol. The van der Waals surface area contributed by atoms with Crippen LogP contribution in [0.3, 0.4) is 0 Å². The van der Waals surface area contributed by atoms with Crippen LogP contribution in [0, 0.1) is 47.3 Å². The molecule has 0 aromatic rings. The molecule has 2 saturated carbocycles. The summed E-state index contributed by atoms with van der Waals surface area (Å²) in [6.07, 6.45) is 19.3. The van der Waals surface area contributed by atoms with Gasteiger partial charge in [-0.3, -0.25) is 0 Å². The van der Waals surface area contributed by atoms with Crippen molar-refractivity contribution < 1.29 is 0 Å². The van der Waals surface area contributed by atoms with Crippen molar-refractivity contribution in [1.82, 2.24) is 0 Å². The number of rotatable bonds is 10. The van der Waals surface area contributed by atoms with Crippen LogP contribution in [0.5, 0.6) is 0 Å². The normalized spacial score (nSPS) is 33.8. The van der Waals surface area contributed by atoms with Gasteiger partial charge in [-0.05, 0) is 79.4 Å². The molecule has 0 radical (unpaired) electrons. The summed E-state index contributed by atoms with van der Waals surface area (Å²) >= 11 is 0. The summed E-state index contributed by atoms with van der Waals surface area (Å²) in [5, 5.41) is 0. The Bertz CT molecular complexity index is 361. The van der Waals surface area contributed by atoms with Crippen LogP contribution in [-0.4, -0.2) is 0 Å². The zero-order valence-corrected chi connectivity index (χ0v) is 21.8. The smallest absolute Gasteiger partial charge is 0.0334 e. The molecule has 0 nitrogen and oxygen atoms in total. The van der Waals surface area contributed by atoms with E-state index in [4.69, 9.17) is 0 Å². The fraction of sp³-hybridized carbons (Fsp3) is 1.00. The Morgan fingerprint density at radius 3 is 1.83 bits per heavy atom. The summed E-state index contributed by atoms with van der Waals surface area (Å²) in [5.74, 6) is 8.02. The van der Waals surface area contributed by atoms with Crippen LogP contribution in [0.4, 0.5) is 0 Å². The predicted molar refractivity (Wildman–Crippen MR) is 133 cm³/mol. The molecule has 0 aliphatic heterocycles. The van der Waals surface area contributed by atoms with Gasteiger partial charge in [-0.15, -0.1) is 0 Å². The van der Waals surface area contributed by atoms with Crippen molar-refractivity contribution in [2.24, 2.45) is 47.3 Å². The van der Waals surface area contributed by atoms with Crippen molar-refractivity contribution >= 4 is 0 Å². The van der Waals surface area contributed by atoms with Gasteiger partial charge in [0.15, 0.2) is 0 Å². The highest BCUT2D eigenvalue weighted by Crippen LogP contribution is 2.49. The minimum absolute atomic E-state index is 0.964. The lowest BCUT2D eigenvalue weighted by Gasteiger charge is -2.47. The minimum Gasteiger partial charge on any atom is -0.0683 e. The Balaban J connectivity index is 0.00000204. The highest BCUT2D eigenvalue weighted by molar-refractivity contribution is 4.90. The lowest BCUT2D eigenvalue weighted by molar-refractivity contribution is 0.0288. The molecule has 0 heteroatoms. The molecule has 174 valence electrons. The van der Waals surface area contributed by atoms with Gasteiger partial charge in [0.2, 0.25) is 0 Å². The fourth-order valence-corrected chi connectivity index (χ4v) is 7.43. The monoisotopic (exact) mass is 406 g/mol. The van der Waals surface area contributed by atoms with Gasteiger partial charge in [0.05, 0.1) is 0 Å². The summed E-state index contributed by atoms with van der Waals surface area (Å²) in [6, 6.07) is 0. The lowest BCUT2D eigenvalue weighted by Crippen LogP contribution is -2.38. The average Bonchev–Trinajstić information content (AvgIpc) is 2.71. The molecule has 3 unspecified atom stereocenters. The molecular weight excluding hydrogens is 348 g/mol. The molecule has 0 aromatic heterocycles. The third-order valence-electron chi connectivity index (χ3n) is 8.85. The predicted octanol–water partition coefficient (Wildman–Crippen LogP) is 10.2. The Labute approximate surface area is 186 Å². The van der Waals surface area contributed by atoms with E-state index in [1.807, 2.05) is 13.8 Å². The summed E-state index contributed by atoms with van der Waals surface area (Å²) in [7, 11) is 0. The van der Waals surface area contributed by atoms with Gasteiger partial charge in [-0.25, -0.2) is 0 Å². The van der Waals surface area contributed by atoms with Crippen molar-refractivity contribution in [3.05, 3.63) is 0 Å². The summed E-state index contributed by atoms with van der Waals surface area (Å²) in [5.41, 5.74) is 0. The maximum Gasteiger partial charge on any atom is -0.0334 e. The summed E-state index contributed by atoms with van der Waals surface area (Å²) < 4.78 is 0. The van der Waals surface area contributed by atoms with Gasteiger partial charge in [0.25, 0.3) is 0 Å². The molecule has 0 heterocycles. The van der Waals surface area contributed by atoms with Crippen LogP contribution in [0.2, 0.25) is 0 Å². The van der Waals surface area contributed by atoms with E-state index in [9.17, 15) is 0 Å². The van der Waals surface area contributed by atoms with Crippen LogP contribution >= 0.6 is 0 Å². The Hall–Kier alpha value is 0. The highest BCUT2D eigenvalue weighted by Gasteiger charge is 2.40. The van der Waals surface area contributed by atoms with Crippen LogP contribution in [0.1, 0.15) is 139 Å². The van der Waals surface area contributed by atoms with Crippen LogP contribution < -0.4 is 0 Å². The topological polar surface area (TPSA) is 0 Å². The zero-order chi connectivity index (χ0) is 21.8. The molecule has 0 aromatic carbocycles. The zero-order valence-electron chi connectivity index (χ0n) is 21.8. The molecule has 0 bridgehead atoms. The van der Waals surface area contributed by atoms with Gasteiger partial charge in [0.1, 0.15) is 0 Å². The molecule has 29 heavy (non-hydrogen) atoms. The molecule has 2 aliphatic carbocycles. The second-order valence-corrected chi connectivity index (χ2v) is 11.0. The van der Waals surface area contributed by atoms with E-state index >= 15 is 0 Å². The van der Waals surface area contributed by atoms with Gasteiger partial charge >= 0.3 is 0 Å². The van der Waals surface area contributed by atoms with E-state index < -0.39 is 0 Å². The third kappa shape index (κ3) is 8.57. The van der Waals surface area contributed by atoms with Crippen molar-refractivity contribution in [1.29, 1.82) is 0 Å². The van der Waals surface area contributed by atoms with Crippen molar-refractivity contribution in [2.75, 3.05) is 0 Å².